The Morgan fingerprint density at radius 3 is 2.17 bits per heavy atom. The summed E-state index contributed by atoms with van der Waals surface area (Å²) >= 11 is 6.30. The molecule has 1 aliphatic heterocycles. The third kappa shape index (κ3) is 5.41. The first-order valence-electron chi connectivity index (χ1n) is 9.88. The fourth-order valence-corrected chi connectivity index (χ4v) is 3.82. The molecule has 1 aliphatic rings. The fourth-order valence-electron chi connectivity index (χ4n) is 3.56. The topological polar surface area (TPSA) is 63.6 Å². The van der Waals surface area contributed by atoms with Crippen LogP contribution in [0.1, 0.15) is 0 Å². The molecule has 0 aromatic heterocycles. The van der Waals surface area contributed by atoms with Gasteiger partial charge in [-0.25, -0.2) is 0 Å². The minimum absolute atomic E-state index is 0.170. The zero-order valence-corrected chi connectivity index (χ0v) is 18.4. The second-order valence-corrected chi connectivity index (χ2v) is 7.47. The van der Waals surface area contributed by atoms with Crippen molar-refractivity contribution in [3.63, 3.8) is 0 Å². The SMILES string of the molecule is COc1cc(OCC(O)CN2CCN(c3ccccc3Cl)CC2)cc(OC)c1OC. The fraction of sp³-hybridized carbons (Fsp3) is 0.455. The number of nitrogens with zero attached hydrogens (tertiary/aromatic N) is 2. The normalized spacial score (nSPS) is 15.6. The van der Waals surface area contributed by atoms with Crippen molar-refractivity contribution in [2.45, 2.75) is 6.10 Å². The molecule has 1 atom stereocenters. The predicted molar refractivity (Wildman–Crippen MR) is 118 cm³/mol. The van der Waals surface area contributed by atoms with E-state index in [0.717, 1.165) is 36.9 Å². The van der Waals surface area contributed by atoms with Crippen LogP contribution >= 0.6 is 11.6 Å². The van der Waals surface area contributed by atoms with Crippen molar-refractivity contribution >= 4 is 17.3 Å². The lowest BCUT2D eigenvalue weighted by Gasteiger charge is -2.37. The van der Waals surface area contributed by atoms with Crippen LogP contribution in [0.15, 0.2) is 36.4 Å². The van der Waals surface area contributed by atoms with Crippen molar-refractivity contribution in [3.05, 3.63) is 41.4 Å². The molecular formula is C22H29ClN2O5. The Kier molecular flexibility index (Phi) is 7.90. The molecule has 0 radical (unpaired) electrons. The van der Waals surface area contributed by atoms with E-state index in [0.29, 0.717) is 29.5 Å². The molecule has 1 unspecified atom stereocenters. The van der Waals surface area contributed by atoms with Crippen LogP contribution < -0.4 is 23.8 Å². The van der Waals surface area contributed by atoms with E-state index < -0.39 is 6.10 Å². The molecule has 3 rings (SSSR count). The van der Waals surface area contributed by atoms with Crippen LogP contribution in [0.5, 0.6) is 23.0 Å². The van der Waals surface area contributed by atoms with Gasteiger partial charge in [0.1, 0.15) is 18.5 Å². The van der Waals surface area contributed by atoms with Crippen LogP contribution in [0.3, 0.4) is 0 Å². The summed E-state index contributed by atoms with van der Waals surface area (Å²) in [5, 5.41) is 11.2. The predicted octanol–water partition coefficient (Wildman–Crippen LogP) is 2.93. The van der Waals surface area contributed by atoms with Gasteiger partial charge in [0.05, 0.1) is 32.0 Å². The molecule has 2 aromatic carbocycles. The van der Waals surface area contributed by atoms with Gasteiger partial charge in [-0.3, -0.25) is 4.90 Å². The Balaban J connectivity index is 1.50. The molecule has 8 heteroatoms. The molecule has 1 fully saturated rings. The van der Waals surface area contributed by atoms with Gasteiger partial charge in [-0.15, -0.1) is 0 Å². The first kappa shape index (κ1) is 22.3. The van der Waals surface area contributed by atoms with E-state index in [4.69, 9.17) is 30.5 Å². The van der Waals surface area contributed by atoms with Gasteiger partial charge in [-0.05, 0) is 12.1 Å². The molecule has 1 heterocycles. The number of para-hydroxylation sites is 1. The summed E-state index contributed by atoms with van der Waals surface area (Å²) in [6.45, 7) is 4.15. The maximum absolute atomic E-state index is 10.5. The molecule has 0 bridgehead atoms. The van der Waals surface area contributed by atoms with Crippen LogP contribution in [-0.2, 0) is 0 Å². The van der Waals surface area contributed by atoms with E-state index >= 15 is 0 Å². The summed E-state index contributed by atoms with van der Waals surface area (Å²) < 4.78 is 21.8. The quantitative estimate of drug-likeness (QED) is 0.648. The van der Waals surface area contributed by atoms with Crippen LogP contribution in [0.4, 0.5) is 5.69 Å². The summed E-state index contributed by atoms with van der Waals surface area (Å²) in [4.78, 5) is 4.51. The second kappa shape index (κ2) is 10.6. The van der Waals surface area contributed by atoms with Crippen LogP contribution in [0.2, 0.25) is 5.02 Å². The summed E-state index contributed by atoms with van der Waals surface area (Å²) in [6, 6.07) is 11.3. The van der Waals surface area contributed by atoms with Gasteiger partial charge < -0.3 is 29.0 Å². The standard InChI is InChI=1S/C22H29ClN2O5/c1-27-20-12-17(13-21(28-2)22(20)29-3)30-15-16(26)14-24-8-10-25(11-9-24)19-7-5-4-6-18(19)23/h4-7,12-13,16,26H,8-11,14-15H2,1-3H3. The number of hydrogen-bond acceptors (Lipinski definition) is 7. The average Bonchev–Trinajstić information content (AvgIpc) is 2.77. The minimum Gasteiger partial charge on any atom is -0.493 e. The Bertz CT molecular complexity index is 802. The monoisotopic (exact) mass is 436 g/mol. The Morgan fingerprint density at radius 2 is 1.60 bits per heavy atom. The van der Waals surface area contributed by atoms with E-state index in [1.165, 1.54) is 0 Å². The molecule has 2 aromatic rings. The number of halogens is 1. The molecule has 0 aliphatic carbocycles. The lowest BCUT2D eigenvalue weighted by Crippen LogP contribution is -2.49. The Hall–Kier alpha value is -2.35. The number of ether oxygens (including phenoxy) is 4. The van der Waals surface area contributed by atoms with Gasteiger partial charge in [0, 0.05) is 44.9 Å². The van der Waals surface area contributed by atoms with Crippen molar-refractivity contribution in [2.75, 3.05) is 65.6 Å². The van der Waals surface area contributed by atoms with E-state index in [1.54, 1.807) is 33.5 Å². The zero-order valence-electron chi connectivity index (χ0n) is 17.6. The maximum atomic E-state index is 10.5. The molecule has 7 nitrogen and oxygen atoms in total. The minimum atomic E-state index is -0.615. The van der Waals surface area contributed by atoms with Crippen molar-refractivity contribution in [1.82, 2.24) is 4.90 Å². The van der Waals surface area contributed by atoms with Gasteiger partial charge >= 0.3 is 0 Å². The number of methoxy groups -OCH3 is 3. The number of anilines is 1. The highest BCUT2D eigenvalue weighted by molar-refractivity contribution is 6.33. The summed E-state index contributed by atoms with van der Waals surface area (Å²) in [6.07, 6.45) is -0.615. The van der Waals surface area contributed by atoms with Crippen molar-refractivity contribution in [3.8, 4) is 23.0 Å². The summed E-state index contributed by atoms with van der Waals surface area (Å²) in [5.74, 6) is 2.07. The smallest absolute Gasteiger partial charge is 0.203 e. The first-order chi connectivity index (χ1) is 14.5. The number of rotatable bonds is 9. The third-order valence-corrected chi connectivity index (χ3v) is 5.43. The molecule has 0 saturated carbocycles. The average molecular weight is 437 g/mol. The second-order valence-electron chi connectivity index (χ2n) is 7.06. The molecule has 0 amide bonds. The maximum Gasteiger partial charge on any atom is 0.203 e. The lowest BCUT2D eigenvalue weighted by atomic mass is 10.2. The van der Waals surface area contributed by atoms with Gasteiger partial charge in [0.25, 0.3) is 0 Å². The summed E-state index contributed by atoms with van der Waals surface area (Å²) in [7, 11) is 4.66. The van der Waals surface area contributed by atoms with Crippen molar-refractivity contribution < 1.29 is 24.1 Å². The zero-order chi connectivity index (χ0) is 21.5. The molecule has 1 N–H and O–H groups in total. The number of hydrogen-bond donors (Lipinski definition) is 1. The number of piperazine rings is 1. The number of β-amino-alcohol motifs (C(OH)–C–C–N with tert-alkyl or cyclic N) is 1. The molecule has 30 heavy (non-hydrogen) atoms. The highest BCUT2D eigenvalue weighted by atomic mass is 35.5. The summed E-state index contributed by atoms with van der Waals surface area (Å²) in [5.41, 5.74) is 1.06. The van der Waals surface area contributed by atoms with Gasteiger partial charge in [-0.1, -0.05) is 23.7 Å². The largest absolute Gasteiger partial charge is 0.493 e. The number of aliphatic hydroxyl groups excluding tert-OH is 1. The van der Waals surface area contributed by atoms with Crippen LogP contribution in [-0.4, -0.2) is 76.8 Å². The lowest BCUT2D eigenvalue weighted by molar-refractivity contribution is 0.0661. The highest BCUT2D eigenvalue weighted by Crippen LogP contribution is 2.40. The van der Waals surface area contributed by atoms with Crippen LogP contribution in [0, 0.1) is 0 Å². The van der Waals surface area contributed by atoms with Crippen molar-refractivity contribution in [2.24, 2.45) is 0 Å². The number of aliphatic hydroxyl groups is 1. The Morgan fingerprint density at radius 1 is 0.967 bits per heavy atom. The van der Waals surface area contributed by atoms with Crippen molar-refractivity contribution in [1.29, 1.82) is 0 Å². The molecule has 1 saturated heterocycles. The van der Waals surface area contributed by atoms with Gasteiger partial charge in [0.2, 0.25) is 5.75 Å². The van der Waals surface area contributed by atoms with E-state index in [2.05, 4.69) is 9.80 Å². The number of benzene rings is 2. The third-order valence-electron chi connectivity index (χ3n) is 5.12. The molecule has 164 valence electrons. The molecular weight excluding hydrogens is 408 g/mol. The van der Waals surface area contributed by atoms with E-state index in [1.807, 2.05) is 24.3 Å². The van der Waals surface area contributed by atoms with Gasteiger partial charge in [-0.2, -0.15) is 0 Å². The van der Waals surface area contributed by atoms with Crippen LogP contribution in [0.25, 0.3) is 0 Å². The van der Waals surface area contributed by atoms with Gasteiger partial charge in [0.15, 0.2) is 11.5 Å². The van der Waals surface area contributed by atoms with E-state index in [-0.39, 0.29) is 6.61 Å². The highest BCUT2D eigenvalue weighted by Gasteiger charge is 2.21. The molecule has 0 spiro atoms. The first-order valence-corrected chi connectivity index (χ1v) is 10.3. The van der Waals surface area contributed by atoms with E-state index in [9.17, 15) is 5.11 Å². The Labute approximate surface area is 182 Å².